The van der Waals surface area contributed by atoms with Crippen molar-refractivity contribution in [1.29, 1.82) is 0 Å². The van der Waals surface area contributed by atoms with Gasteiger partial charge in [0.05, 0.1) is 10.5 Å². The number of nitrogens with zero attached hydrogens (tertiary/aromatic N) is 1. The number of carbonyl (C=O) groups excluding carboxylic acids is 1. The van der Waals surface area contributed by atoms with E-state index in [2.05, 4.69) is 0 Å². The molecule has 0 spiro atoms. The Kier molecular flexibility index (Phi) is 4.58. The first-order chi connectivity index (χ1) is 9.70. The maximum absolute atomic E-state index is 13.4. The van der Waals surface area contributed by atoms with Crippen molar-refractivity contribution in [3.63, 3.8) is 0 Å². The molecule has 116 valence electrons. The monoisotopic (exact) mass is 333 g/mol. The Hall–Kier alpha value is -1.14. The van der Waals surface area contributed by atoms with Gasteiger partial charge in [0.2, 0.25) is 0 Å². The highest BCUT2D eigenvalue weighted by atomic mass is 35.7. The number of hydrogen-bond acceptors (Lipinski definition) is 3. The van der Waals surface area contributed by atoms with Crippen LogP contribution in [0.15, 0.2) is 23.1 Å². The molecule has 4 nitrogen and oxygen atoms in total. The van der Waals surface area contributed by atoms with Crippen LogP contribution in [-0.4, -0.2) is 31.8 Å². The van der Waals surface area contributed by atoms with E-state index in [0.29, 0.717) is 6.54 Å². The van der Waals surface area contributed by atoms with Gasteiger partial charge in [-0.05, 0) is 37.0 Å². The average Bonchev–Trinajstić information content (AvgIpc) is 3.17. The standard InChI is InChI=1S/C14H17ClFNO3S/c1-9(2)8-17(11-4-5-11)14(18)12-7-10(16)3-6-13(12)21(15,19)20/h3,6-7,9,11H,4-5,8H2,1-2H3. The second-order valence-corrected chi connectivity index (χ2v) is 8.20. The van der Waals surface area contributed by atoms with Crippen LogP contribution in [0.25, 0.3) is 0 Å². The molecular formula is C14H17ClFNO3S. The SMILES string of the molecule is CC(C)CN(C(=O)c1cc(F)ccc1S(=O)(=O)Cl)C1CC1. The molecular weight excluding hydrogens is 317 g/mol. The Morgan fingerprint density at radius 2 is 2.05 bits per heavy atom. The lowest BCUT2D eigenvalue weighted by atomic mass is 10.1. The van der Waals surface area contributed by atoms with E-state index in [4.69, 9.17) is 10.7 Å². The Morgan fingerprint density at radius 3 is 2.52 bits per heavy atom. The topological polar surface area (TPSA) is 54.5 Å². The lowest BCUT2D eigenvalue weighted by Crippen LogP contribution is -2.36. The van der Waals surface area contributed by atoms with Crippen LogP contribution in [0.3, 0.4) is 0 Å². The van der Waals surface area contributed by atoms with Gasteiger partial charge < -0.3 is 4.90 Å². The summed E-state index contributed by atoms with van der Waals surface area (Å²) in [6, 6.07) is 3.06. The molecule has 0 N–H and O–H groups in total. The van der Waals surface area contributed by atoms with E-state index in [1.54, 1.807) is 4.90 Å². The molecule has 0 saturated heterocycles. The first-order valence-corrected chi connectivity index (χ1v) is 9.06. The zero-order valence-electron chi connectivity index (χ0n) is 11.8. The lowest BCUT2D eigenvalue weighted by molar-refractivity contribution is 0.0718. The summed E-state index contributed by atoms with van der Waals surface area (Å²) in [6.45, 7) is 4.43. The molecule has 1 fully saturated rings. The van der Waals surface area contributed by atoms with Crippen LogP contribution in [0.5, 0.6) is 0 Å². The molecule has 0 heterocycles. The van der Waals surface area contributed by atoms with Crippen molar-refractivity contribution in [2.45, 2.75) is 37.6 Å². The quantitative estimate of drug-likeness (QED) is 0.778. The summed E-state index contributed by atoms with van der Waals surface area (Å²) in [5.41, 5.74) is -0.197. The van der Waals surface area contributed by atoms with Crippen LogP contribution >= 0.6 is 10.7 Å². The van der Waals surface area contributed by atoms with E-state index in [-0.39, 0.29) is 22.4 Å². The van der Waals surface area contributed by atoms with Gasteiger partial charge in [-0.2, -0.15) is 0 Å². The number of amides is 1. The van der Waals surface area contributed by atoms with E-state index in [0.717, 1.165) is 31.0 Å². The first kappa shape index (κ1) is 16.2. The van der Waals surface area contributed by atoms with Crippen molar-refractivity contribution >= 4 is 25.6 Å². The van der Waals surface area contributed by atoms with E-state index >= 15 is 0 Å². The molecule has 21 heavy (non-hydrogen) atoms. The molecule has 0 radical (unpaired) electrons. The minimum Gasteiger partial charge on any atom is -0.335 e. The van der Waals surface area contributed by atoms with Crippen LogP contribution in [0, 0.1) is 11.7 Å². The second kappa shape index (κ2) is 5.93. The van der Waals surface area contributed by atoms with Gasteiger partial charge in [-0.25, -0.2) is 12.8 Å². The number of rotatable bonds is 5. The third kappa shape index (κ3) is 3.95. The summed E-state index contributed by atoms with van der Waals surface area (Å²) < 4.78 is 36.6. The zero-order valence-corrected chi connectivity index (χ0v) is 13.4. The van der Waals surface area contributed by atoms with E-state index < -0.39 is 20.8 Å². The predicted octanol–water partition coefficient (Wildman–Crippen LogP) is 3.01. The number of halogens is 2. The smallest absolute Gasteiger partial charge is 0.262 e. The van der Waals surface area contributed by atoms with Gasteiger partial charge in [-0.3, -0.25) is 4.79 Å². The molecule has 1 aromatic carbocycles. The summed E-state index contributed by atoms with van der Waals surface area (Å²) in [7, 11) is 1.24. The molecule has 0 aliphatic heterocycles. The third-order valence-corrected chi connectivity index (χ3v) is 4.63. The number of benzene rings is 1. The Bertz CT molecular complexity index is 656. The fourth-order valence-corrected chi connectivity index (χ4v) is 3.26. The maximum atomic E-state index is 13.4. The fourth-order valence-electron chi connectivity index (χ4n) is 2.21. The minimum atomic E-state index is -4.10. The van der Waals surface area contributed by atoms with Gasteiger partial charge in [0.15, 0.2) is 0 Å². The minimum absolute atomic E-state index is 0.106. The van der Waals surface area contributed by atoms with Crippen molar-refractivity contribution in [1.82, 2.24) is 4.90 Å². The van der Waals surface area contributed by atoms with Crippen molar-refractivity contribution in [3.8, 4) is 0 Å². The largest absolute Gasteiger partial charge is 0.335 e. The van der Waals surface area contributed by atoms with Crippen LogP contribution in [0.1, 0.15) is 37.0 Å². The van der Waals surface area contributed by atoms with Gasteiger partial charge in [0.25, 0.3) is 15.0 Å². The molecule has 0 unspecified atom stereocenters. The lowest BCUT2D eigenvalue weighted by Gasteiger charge is -2.25. The third-order valence-electron chi connectivity index (χ3n) is 3.25. The summed E-state index contributed by atoms with van der Waals surface area (Å²) in [4.78, 5) is 13.9. The van der Waals surface area contributed by atoms with Gasteiger partial charge in [-0.1, -0.05) is 13.8 Å². The second-order valence-electron chi connectivity index (χ2n) is 5.66. The van der Waals surface area contributed by atoms with Crippen molar-refractivity contribution in [3.05, 3.63) is 29.6 Å². The molecule has 0 bridgehead atoms. The molecule has 0 atom stereocenters. The average molecular weight is 334 g/mol. The number of hydrogen-bond donors (Lipinski definition) is 0. The zero-order chi connectivity index (χ0) is 15.8. The highest BCUT2D eigenvalue weighted by Gasteiger charge is 2.35. The van der Waals surface area contributed by atoms with Crippen molar-refractivity contribution in [2.24, 2.45) is 5.92 Å². The summed E-state index contributed by atoms with van der Waals surface area (Å²) in [5, 5.41) is 0. The van der Waals surface area contributed by atoms with Crippen molar-refractivity contribution < 1.29 is 17.6 Å². The van der Waals surface area contributed by atoms with Crippen LogP contribution < -0.4 is 0 Å². The Labute approximate surface area is 128 Å². The van der Waals surface area contributed by atoms with Gasteiger partial charge >= 0.3 is 0 Å². The van der Waals surface area contributed by atoms with E-state index in [1.807, 2.05) is 13.8 Å². The Balaban J connectivity index is 2.43. The highest BCUT2D eigenvalue weighted by Crippen LogP contribution is 2.31. The Morgan fingerprint density at radius 1 is 1.43 bits per heavy atom. The van der Waals surface area contributed by atoms with E-state index in [9.17, 15) is 17.6 Å². The fraction of sp³-hybridized carbons (Fsp3) is 0.500. The molecule has 1 aliphatic rings. The molecule has 0 aromatic heterocycles. The van der Waals surface area contributed by atoms with E-state index in [1.165, 1.54) is 0 Å². The van der Waals surface area contributed by atoms with Crippen LogP contribution in [-0.2, 0) is 9.05 Å². The molecule has 1 saturated carbocycles. The van der Waals surface area contributed by atoms with Gasteiger partial charge in [-0.15, -0.1) is 0 Å². The van der Waals surface area contributed by atoms with Crippen LogP contribution in [0.4, 0.5) is 4.39 Å². The predicted molar refractivity (Wildman–Crippen MR) is 78.3 cm³/mol. The molecule has 1 aromatic rings. The molecule has 2 rings (SSSR count). The first-order valence-electron chi connectivity index (χ1n) is 6.75. The highest BCUT2D eigenvalue weighted by molar-refractivity contribution is 8.13. The van der Waals surface area contributed by atoms with Gasteiger partial charge in [0, 0.05) is 23.3 Å². The van der Waals surface area contributed by atoms with Gasteiger partial charge in [0.1, 0.15) is 5.82 Å². The summed E-state index contributed by atoms with van der Waals surface area (Å²) >= 11 is 0. The summed E-state index contributed by atoms with van der Waals surface area (Å²) in [5.74, 6) is -0.910. The van der Waals surface area contributed by atoms with Crippen LogP contribution in [0.2, 0.25) is 0 Å². The molecule has 7 heteroatoms. The number of carbonyl (C=O) groups is 1. The van der Waals surface area contributed by atoms with Crippen molar-refractivity contribution in [2.75, 3.05) is 6.54 Å². The molecule has 1 amide bonds. The molecule has 1 aliphatic carbocycles. The summed E-state index contributed by atoms with van der Waals surface area (Å²) in [6.07, 6.45) is 1.77. The maximum Gasteiger partial charge on any atom is 0.262 e. The normalized spacial score (nSPS) is 15.3.